The van der Waals surface area contributed by atoms with E-state index >= 15 is 0 Å². The fourth-order valence-electron chi connectivity index (χ4n) is 3.13. The maximum absolute atomic E-state index is 4.85. The third-order valence-electron chi connectivity index (χ3n) is 4.62. The summed E-state index contributed by atoms with van der Waals surface area (Å²) in [7, 11) is 0. The molecule has 0 saturated heterocycles. The third-order valence-corrected chi connectivity index (χ3v) is 4.62. The number of fused-ring (bicyclic) bond motifs is 1. The molecule has 4 nitrogen and oxygen atoms in total. The molecule has 0 fully saturated rings. The Hall–Kier alpha value is -2.80. The second-order valence-corrected chi connectivity index (χ2v) is 6.30. The van der Waals surface area contributed by atoms with Crippen molar-refractivity contribution in [3.63, 3.8) is 0 Å². The van der Waals surface area contributed by atoms with E-state index in [1.165, 1.54) is 5.56 Å². The summed E-state index contributed by atoms with van der Waals surface area (Å²) in [5.41, 5.74) is 4.25. The minimum Gasteiger partial charge on any atom is -0.366 e. The average Bonchev–Trinajstić information content (AvgIpc) is 2.91. The Morgan fingerprint density at radius 2 is 1.96 bits per heavy atom. The van der Waals surface area contributed by atoms with Gasteiger partial charge in [-0.15, -0.1) is 11.8 Å². The highest BCUT2D eigenvalue weighted by atomic mass is 15.1. The molecule has 2 aromatic heterocycles. The lowest BCUT2D eigenvalue weighted by atomic mass is 10.0. The number of aromatic amines is 1. The van der Waals surface area contributed by atoms with Crippen LogP contribution >= 0.6 is 0 Å². The number of nitrogens with zero attached hydrogens (tertiary/aromatic N) is 2. The van der Waals surface area contributed by atoms with Crippen molar-refractivity contribution in [2.75, 3.05) is 5.32 Å². The maximum atomic E-state index is 4.85. The number of benzene rings is 1. The minimum atomic E-state index is 0.350. The summed E-state index contributed by atoms with van der Waals surface area (Å²) in [5.74, 6) is 8.02. The molecule has 0 amide bonds. The summed E-state index contributed by atoms with van der Waals surface area (Å²) in [6, 6.07) is 10.5. The molecule has 120 valence electrons. The zero-order valence-corrected chi connectivity index (χ0v) is 14.0. The smallest absolute Gasteiger partial charge is 0.163 e. The van der Waals surface area contributed by atoms with Crippen LogP contribution in [0.2, 0.25) is 0 Å². The van der Waals surface area contributed by atoms with Crippen molar-refractivity contribution in [1.29, 1.82) is 0 Å². The zero-order chi connectivity index (χ0) is 16.5. The minimum absolute atomic E-state index is 0.350. The van der Waals surface area contributed by atoms with Crippen LogP contribution < -0.4 is 5.32 Å². The maximum Gasteiger partial charge on any atom is 0.163 e. The SMILES string of the molecule is Cc1[nH]c2nc(-c3ccccc3)nc(NC3CC#CCC3)c2c1C. The van der Waals surface area contributed by atoms with Gasteiger partial charge in [-0.3, -0.25) is 0 Å². The van der Waals surface area contributed by atoms with E-state index in [2.05, 4.69) is 36.0 Å². The highest BCUT2D eigenvalue weighted by Crippen LogP contribution is 2.30. The van der Waals surface area contributed by atoms with Crippen molar-refractivity contribution in [2.45, 2.75) is 39.2 Å². The van der Waals surface area contributed by atoms with Crippen LogP contribution in [0.15, 0.2) is 30.3 Å². The number of aryl methyl sites for hydroxylation is 2. The first-order valence-corrected chi connectivity index (χ1v) is 8.37. The first kappa shape index (κ1) is 14.8. The summed E-state index contributed by atoms with van der Waals surface area (Å²) in [5, 5.41) is 4.70. The molecule has 4 rings (SSSR count). The van der Waals surface area contributed by atoms with Crippen LogP contribution in [0.1, 0.15) is 30.5 Å². The lowest BCUT2D eigenvalue weighted by Crippen LogP contribution is -2.21. The van der Waals surface area contributed by atoms with Gasteiger partial charge >= 0.3 is 0 Å². The van der Waals surface area contributed by atoms with Gasteiger partial charge in [-0.05, 0) is 25.8 Å². The van der Waals surface area contributed by atoms with E-state index in [1.807, 2.05) is 30.3 Å². The van der Waals surface area contributed by atoms with Crippen molar-refractivity contribution in [3.05, 3.63) is 41.6 Å². The van der Waals surface area contributed by atoms with E-state index in [1.54, 1.807) is 0 Å². The Morgan fingerprint density at radius 1 is 1.12 bits per heavy atom. The monoisotopic (exact) mass is 316 g/mol. The molecule has 1 atom stereocenters. The molecule has 0 saturated carbocycles. The second-order valence-electron chi connectivity index (χ2n) is 6.30. The van der Waals surface area contributed by atoms with Gasteiger partial charge in [0.25, 0.3) is 0 Å². The van der Waals surface area contributed by atoms with Crippen LogP contribution in [-0.4, -0.2) is 21.0 Å². The van der Waals surface area contributed by atoms with Gasteiger partial charge in [0.05, 0.1) is 5.39 Å². The molecule has 2 heterocycles. The van der Waals surface area contributed by atoms with Crippen molar-refractivity contribution < 1.29 is 0 Å². The van der Waals surface area contributed by atoms with E-state index in [4.69, 9.17) is 9.97 Å². The fraction of sp³-hybridized carbons (Fsp3) is 0.300. The molecule has 4 heteroatoms. The van der Waals surface area contributed by atoms with Crippen LogP contribution in [0.4, 0.5) is 5.82 Å². The topological polar surface area (TPSA) is 53.6 Å². The van der Waals surface area contributed by atoms with E-state index in [-0.39, 0.29) is 0 Å². The van der Waals surface area contributed by atoms with Crippen molar-refractivity contribution in [1.82, 2.24) is 15.0 Å². The number of H-pyrrole nitrogens is 1. The van der Waals surface area contributed by atoms with Crippen LogP contribution in [0.3, 0.4) is 0 Å². The molecule has 1 aromatic carbocycles. The number of aromatic nitrogens is 3. The lowest BCUT2D eigenvalue weighted by Gasteiger charge is -2.19. The van der Waals surface area contributed by atoms with Crippen molar-refractivity contribution in [3.8, 4) is 23.2 Å². The Kier molecular flexibility index (Phi) is 3.70. The summed E-state index contributed by atoms with van der Waals surface area (Å²) in [6.07, 6.45) is 2.87. The first-order valence-electron chi connectivity index (χ1n) is 8.37. The molecular weight excluding hydrogens is 296 g/mol. The normalized spacial score (nSPS) is 16.7. The molecule has 2 N–H and O–H groups in total. The fourth-order valence-corrected chi connectivity index (χ4v) is 3.13. The van der Waals surface area contributed by atoms with Gasteiger partial charge in [0.15, 0.2) is 5.82 Å². The highest BCUT2D eigenvalue weighted by Gasteiger charge is 2.18. The zero-order valence-electron chi connectivity index (χ0n) is 14.0. The molecule has 1 aliphatic carbocycles. The van der Waals surface area contributed by atoms with Crippen LogP contribution in [-0.2, 0) is 0 Å². The number of nitrogens with one attached hydrogen (secondary N) is 2. The third kappa shape index (κ3) is 2.63. The standard InChI is InChI=1S/C20H20N4/c1-13-14(2)21-19-17(13)20(22-16-11-7-4-8-12-16)24-18(23-19)15-9-5-3-6-10-15/h3,5-6,9-10,16H,7,11-12H2,1-2H3,(H2,21,22,23,24). The highest BCUT2D eigenvalue weighted by molar-refractivity contribution is 5.92. The number of hydrogen-bond acceptors (Lipinski definition) is 3. The lowest BCUT2D eigenvalue weighted by molar-refractivity contribution is 0.667. The van der Waals surface area contributed by atoms with E-state index in [0.29, 0.717) is 6.04 Å². The van der Waals surface area contributed by atoms with Gasteiger partial charge in [0.2, 0.25) is 0 Å². The molecule has 3 aromatic rings. The summed E-state index contributed by atoms with van der Waals surface area (Å²) < 4.78 is 0. The molecule has 24 heavy (non-hydrogen) atoms. The predicted octanol–water partition coefficient (Wildman–Crippen LogP) is 4.21. The van der Waals surface area contributed by atoms with Crippen molar-refractivity contribution >= 4 is 16.9 Å². The van der Waals surface area contributed by atoms with Gasteiger partial charge < -0.3 is 10.3 Å². The Balaban J connectivity index is 1.84. The Bertz CT molecular complexity index is 944. The molecule has 0 spiro atoms. The first-order chi connectivity index (χ1) is 11.7. The van der Waals surface area contributed by atoms with Crippen LogP contribution in [0.5, 0.6) is 0 Å². The molecule has 1 aliphatic rings. The summed E-state index contributed by atoms with van der Waals surface area (Å²) >= 11 is 0. The summed E-state index contributed by atoms with van der Waals surface area (Å²) in [6.45, 7) is 4.20. The van der Waals surface area contributed by atoms with Crippen LogP contribution in [0.25, 0.3) is 22.4 Å². The number of hydrogen-bond donors (Lipinski definition) is 2. The van der Waals surface area contributed by atoms with E-state index < -0.39 is 0 Å². The van der Waals surface area contributed by atoms with Gasteiger partial charge in [-0.2, -0.15) is 0 Å². The quantitative estimate of drug-likeness (QED) is 0.712. The Morgan fingerprint density at radius 3 is 2.71 bits per heavy atom. The van der Waals surface area contributed by atoms with Crippen LogP contribution in [0, 0.1) is 25.7 Å². The second kappa shape index (κ2) is 6.01. The van der Waals surface area contributed by atoms with E-state index in [0.717, 1.165) is 53.2 Å². The largest absolute Gasteiger partial charge is 0.366 e. The number of rotatable bonds is 3. The van der Waals surface area contributed by atoms with Crippen molar-refractivity contribution in [2.24, 2.45) is 0 Å². The molecule has 1 unspecified atom stereocenters. The van der Waals surface area contributed by atoms with E-state index in [9.17, 15) is 0 Å². The van der Waals surface area contributed by atoms with Gasteiger partial charge in [-0.1, -0.05) is 30.3 Å². The average molecular weight is 316 g/mol. The molecular formula is C20H20N4. The number of anilines is 1. The molecule has 0 radical (unpaired) electrons. The Labute approximate surface area is 141 Å². The van der Waals surface area contributed by atoms with Gasteiger partial charge in [0.1, 0.15) is 11.5 Å². The molecule has 0 bridgehead atoms. The summed E-state index contributed by atoms with van der Waals surface area (Å²) in [4.78, 5) is 13.0. The molecule has 0 aliphatic heterocycles. The van der Waals surface area contributed by atoms with Gasteiger partial charge in [-0.25, -0.2) is 9.97 Å². The van der Waals surface area contributed by atoms with Gasteiger partial charge in [0, 0.05) is 30.1 Å². The predicted molar refractivity (Wildman–Crippen MR) is 97.8 cm³/mol.